The SMILES string of the molecule is CCN1CC(=O)Nc2cc(OC)ccc21. The van der Waals surface area contributed by atoms with Crippen molar-refractivity contribution in [1.82, 2.24) is 0 Å². The summed E-state index contributed by atoms with van der Waals surface area (Å²) in [6.07, 6.45) is 0. The molecule has 15 heavy (non-hydrogen) atoms. The lowest BCUT2D eigenvalue weighted by molar-refractivity contribution is -0.115. The van der Waals surface area contributed by atoms with E-state index in [1.54, 1.807) is 7.11 Å². The normalized spacial score (nSPS) is 14.5. The number of ether oxygens (including phenoxy) is 1. The molecule has 0 aromatic heterocycles. The summed E-state index contributed by atoms with van der Waals surface area (Å²) in [7, 11) is 1.62. The summed E-state index contributed by atoms with van der Waals surface area (Å²) in [5, 5.41) is 2.84. The van der Waals surface area contributed by atoms with Gasteiger partial charge in [0.25, 0.3) is 0 Å². The minimum Gasteiger partial charge on any atom is -0.497 e. The second-order valence-corrected chi connectivity index (χ2v) is 3.45. The molecule has 0 atom stereocenters. The van der Waals surface area contributed by atoms with Crippen molar-refractivity contribution in [3.8, 4) is 5.75 Å². The molecule has 0 spiro atoms. The van der Waals surface area contributed by atoms with Crippen LogP contribution in [0.5, 0.6) is 5.75 Å². The number of amides is 1. The zero-order chi connectivity index (χ0) is 10.8. The number of carbonyl (C=O) groups is 1. The highest BCUT2D eigenvalue weighted by Crippen LogP contribution is 2.32. The van der Waals surface area contributed by atoms with Crippen LogP contribution in [0.25, 0.3) is 0 Å². The van der Waals surface area contributed by atoms with Crippen molar-refractivity contribution in [3.63, 3.8) is 0 Å². The van der Waals surface area contributed by atoms with E-state index >= 15 is 0 Å². The first-order chi connectivity index (χ1) is 7.24. The van der Waals surface area contributed by atoms with Crippen molar-refractivity contribution in [3.05, 3.63) is 18.2 Å². The fourth-order valence-electron chi connectivity index (χ4n) is 1.75. The van der Waals surface area contributed by atoms with Gasteiger partial charge < -0.3 is 15.0 Å². The number of nitrogens with zero attached hydrogens (tertiary/aromatic N) is 1. The summed E-state index contributed by atoms with van der Waals surface area (Å²) in [6, 6.07) is 5.71. The topological polar surface area (TPSA) is 41.6 Å². The lowest BCUT2D eigenvalue weighted by atomic mass is 10.2. The van der Waals surface area contributed by atoms with Crippen molar-refractivity contribution < 1.29 is 9.53 Å². The Morgan fingerprint density at radius 3 is 3.00 bits per heavy atom. The fourth-order valence-corrected chi connectivity index (χ4v) is 1.75. The number of hydrogen-bond donors (Lipinski definition) is 1. The predicted molar refractivity (Wildman–Crippen MR) is 59.5 cm³/mol. The van der Waals surface area contributed by atoms with Crippen molar-refractivity contribution in [2.75, 3.05) is 30.4 Å². The fraction of sp³-hybridized carbons (Fsp3) is 0.364. The maximum Gasteiger partial charge on any atom is 0.243 e. The molecule has 1 aromatic rings. The molecule has 1 aromatic carbocycles. The maximum absolute atomic E-state index is 11.4. The van der Waals surface area contributed by atoms with Gasteiger partial charge in [-0.15, -0.1) is 0 Å². The molecule has 0 fully saturated rings. The van der Waals surface area contributed by atoms with E-state index < -0.39 is 0 Å². The summed E-state index contributed by atoms with van der Waals surface area (Å²) in [6.45, 7) is 3.29. The van der Waals surface area contributed by atoms with E-state index in [-0.39, 0.29) is 5.91 Å². The van der Waals surface area contributed by atoms with Crippen molar-refractivity contribution >= 4 is 17.3 Å². The number of hydrogen-bond acceptors (Lipinski definition) is 3. The molecule has 80 valence electrons. The lowest BCUT2D eigenvalue weighted by Gasteiger charge is -2.29. The second-order valence-electron chi connectivity index (χ2n) is 3.45. The van der Waals surface area contributed by atoms with Crippen LogP contribution in [0.2, 0.25) is 0 Å². The highest BCUT2D eigenvalue weighted by Gasteiger charge is 2.20. The Bertz CT molecular complexity index is 390. The summed E-state index contributed by atoms with van der Waals surface area (Å²) in [5.41, 5.74) is 1.88. The third-order valence-corrected chi connectivity index (χ3v) is 2.53. The average Bonchev–Trinajstić information content (AvgIpc) is 2.26. The van der Waals surface area contributed by atoms with Crippen LogP contribution in [0.15, 0.2) is 18.2 Å². The van der Waals surface area contributed by atoms with Gasteiger partial charge in [-0.25, -0.2) is 0 Å². The van der Waals surface area contributed by atoms with Gasteiger partial charge in [0, 0.05) is 12.6 Å². The van der Waals surface area contributed by atoms with E-state index in [1.807, 2.05) is 30.0 Å². The van der Waals surface area contributed by atoms with E-state index in [1.165, 1.54) is 0 Å². The Morgan fingerprint density at radius 1 is 1.53 bits per heavy atom. The monoisotopic (exact) mass is 206 g/mol. The van der Waals surface area contributed by atoms with E-state index in [0.29, 0.717) is 6.54 Å². The molecular weight excluding hydrogens is 192 g/mol. The molecule has 4 nitrogen and oxygen atoms in total. The predicted octanol–water partition coefficient (Wildman–Crippen LogP) is 1.47. The molecule has 1 aliphatic rings. The minimum absolute atomic E-state index is 0.0256. The first-order valence-electron chi connectivity index (χ1n) is 4.97. The summed E-state index contributed by atoms with van der Waals surface area (Å²) in [5.74, 6) is 0.782. The summed E-state index contributed by atoms with van der Waals surface area (Å²) in [4.78, 5) is 13.4. The molecule has 1 amide bonds. The van der Waals surface area contributed by atoms with E-state index in [2.05, 4.69) is 5.32 Å². The molecule has 1 N–H and O–H groups in total. The largest absolute Gasteiger partial charge is 0.497 e. The first kappa shape index (κ1) is 9.83. The quantitative estimate of drug-likeness (QED) is 0.796. The number of nitrogens with one attached hydrogen (secondary N) is 1. The van der Waals surface area contributed by atoms with Crippen molar-refractivity contribution in [1.29, 1.82) is 0 Å². The van der Waals surface area contributed by atoms with Gasteiger partial charge in [0.1, 0.15) is 5.75 Å². The van der Waals surface area contributed by atoms with E-state index in [0.717, 1.165) is 23.7 Å². The highest BCUT2D eigenvalue weighted by molar-refractivity contribution is 6.01. The van der Waals surface area contributed by atoms with Crippen molar-refractivity contribution in [2.45, 2.75) is 6.92 Å². The van der Waals surface area contributed by atoms with Crippen LogP contribution in [0, 0.1) is 0 Å². The minimum atomic E-state index is 0.0256. The number of rotatable bonds is 2. The van der Waals surface area contributed by atoms with Crippen LogP contribution in [-0.4, -0.2) is 26.1 Å². The number of carbonyl (C=O) groups excluding carboxylic acids is 1. The van der Waals surface area contributed by atoms with E-state index in [4.69, 9.17) is 4.74 Å². The Morgan fingerprint density at radius 2 is 2.33 bits per heavy atom. The molecule has 0 saturated heterocycles. The van der Waals surface area contributed by atoms with E-state index in [9.17, 15) is 4.79 Å². The average molecular weight is 206 g/mol. The molecule has 4 heteroatoms. The molecule has 0 bridgehead atoms. The molecule has 0 aliphatic carbocycles. The number of likely N-dealkylation sites (N-methyl/N-ethyl adjacent to an activating group) is 1. The highest BCUT2D eigenvalue weighted by atomic mass is 16.5. The second kappa shape index (κ2) is 3.81. The molecule has 1 aliphatic heterocycles. The Labute approximate surface area is 88.8 Å². The Hall–Kier alpha value is -1.71. The van der Waals surface area contributed by atoms with Crippen LogP contribution in [-0.2, 0) is 4.79 Å². The molecule has 0 unspecified atom stereocenters. The van der Waals surface area contributed by atoms with Gasteiger partial charge in [-0.3, -0.25) is 4.79 Å². The molecular formula is C11H14N2O2. The first-order valence-corrected chi connectivity index (χ1v) is 4.97. The summed E-state index contributed by atoms with van der Waals surface area (Å²) < 4.78 is 5.11. The number of anilines is 2. The van der Waals surface area contributed by atoms with Gasteiger partial charge in [-0.2, -0.15) is 0 Å². The molecule has 0 radical (unpaired) electrons. The van der Waals surface area contributed by atoms with Gasteiger partial charge >= 0.3 is 0 Å². The third kappa shape index (κ3) is 1.75. The molecule has 1 heterocycles. The van der Waals surface area contributed by atoms with Crippen LogP contribution in [0.4, 0.5) is 11.4 Å². The smallest absolute Gasteiger partial charge is 0.243 e. The van der Waals surface area contributed by atoms with Crippen LogP contribution in [0.3, 0.4) is 0 Å². The zero-order valence-electron chi connectivity index (χ0n) is 8.91. The Balaban J connectivity index is 2.41. The van der Waals surface area contributed by atoms with Gasteiger partial charge in [-0.05, 0) is 19.1 Å². The number of methoxy groups -OCH3 is 1. The van der Waals surface area contributed by atoms with Crippen LogP contribution in [0.1, 0.15) is 6.92 Å². The standard InChI is InChI=1S/C11H14N2O2/c1-3-13-7-11(14)12-9-6-8(15-2)4-5-10(9)13/h4-6H,3,7H2,1-2H3,(H,12,14). The maximum atomic E-state index is 11.4. The Kier molecular flexibility index (Phi) is 2.49. The zero-order valence-corrected chi connectivity index (χ0v) is 8.91. The van der Waals surface area contributed by atoms with Gasteiger partial charge in [0.2, 0.25) is 5.91 Å². The van der Waals surface area contributed by atoms with Gasteiger partial charge in [-0.1, -0.05) is 0 Å². The number of fused-ring (bicyclic) bond motifs is 1. The van der Waals surface area contributed by atoms with Crippen molar-refractivity contribution in [2.24, 2.45) is 0 Å². The number of benzene rings is 1. The van der Waals surface area contributed by atoms with Gasteiger partial charge in [0.05, 0.1) is 25.0 Å². The molecule has 2 rings (SSSR count). The third-order valence-electron chi connectivity index (χ3n) is 2.53. The summed E-state index contributed by atoms with van der Waals surface area (Å²) >= 11 is 0. The van der Waals surface area contributed by atoms with Crippen LogP contribution >= 0.6 is 0 Å². The lowest BCUT2D eigenvalue weighted by Crippen LogP contribution is -2.37. The van der Waals surface area contributed by atoms with Gasteiger partial charge in [0.15, 0.2) is 0 Å². The van der Waals surface area contributed by atoms with Crippen LogP contribution < -0.4 is 15.0 Å². The molecule has 0 saturated carbocycles.